The molecule has 21 nitrogen and oxygen atoms in total. The number of unbranched alkanes of at least 4 members (excludes halogenated alkanes) is 6. The molecule has 77 heavy (non-hydrogen) atoms. The van der Waals surface area contributed by atoms with E-state index in [1.807, 2.05) is 32.9 Å². The lowest BCUT2D eigenvalue weighted by molar-refractivity contribution is 0.0264. The number of guanidine groups is 2. The Morgan fingerprint density at radius 2 is 1.00 bits per heavy atom. The molecule has 2 rings (SSSR count). The Balaban J connectivity index is 2.31. The zero-order valence-electron chi connectivity index (χ0n) is 50.2. The zero-order valence-corrected chi connectivity index (χ0v) is 50.2. The first-order chi connectivity index (χ1) is 35.1. The van der Waals surface area contributed by atoms with E-state index in [1.165, 1.54) is 9.80 Å². The van der Waals surface area contributed by atoms with Gasteiger partial charge in [0.2, 0.25) is 11.9 Å². The molecule has 1 aliphatic heterocycles. The Hall–Kier alpha value is -6.15. The van der Waals surface area contributed by atoms with Crippen LogP contribution in [0.1, 0.15) is 195 Å². The molecule has 0 atom stereocenters. The minimum atomic E-state index is -1.02. The summed E-state index contributed by atoms with van der Waals surface area (Å²) in [6.45, 7) is 36.7. The van der Waals surface area contributed by atoms with E-state index in [0.29, 0.717) is 56.8 Å². The summed E-state index contributed by atoms with van der Waals surface area (Å²) >= 11 is 0. The van der Waals surface area contributed by atoms with Gasteiger partial charge in [-0.05, 0) is 175 Å². The fourth-order valence-electron chi connectivity index (χ4n) is 6.91. The predicted octanol–water partition coefficient (Wildman–Crippen LogP) is 12.4. The van der Waals surface area contributed by atoms with Gasteiger partial charge in [-0.25, -0.2) is 38.6 Å². The van der Waals surface area contributed by atoms with Crippen molar-refractivity contribution in [3.8, 4) is 5.75 Å². The van der Waals surface area contributed by atoms with Crippen LogP contribution in [0.3, 0.4) is 0 Å². The molecule has 2 N–H and O–H groups in total. The summed E-state index contributed by atoms with van der Waals surface area (Å²) in [7, 11) is 0. The molecule has 0 spiro atoms. The predicted molar refractivity (Wildman–Crippen MR) is 298 cm³/mol. The highest BCUT2D eigenvalue weighted by Crippen LogP contribution is 2.28. The lowest BCUT2D eigenvalue weighted by Crippen LogP contribution is -2.53. The van der Waals surface area contributed by atoms with Crippen LogP contribution >= 0.6 is 0 Å². The van der Waals surface area contributed by atoms with Gasteiger partial charge in [-0.3, -0.25) is 25.5 Å². The normalized spacial score (nSPS) is 14.3. The van der Waals surface area contributed by atoms with E-state index in [9.17, 15) is 28.8 Å². The van der Waals surface area contributed by atoms with Gasteiger partial charge >= 0.3 is 36.6 Å². The molecule has 0 radical (unpaired) electrons. The molecule has 1 heterocycles. The first-order valence-corrected chi connectivity index (χ1v) is 26.8. The molecular weight excluding hydrogens is 993 g/mol. The molecule has 1 aliphatic rings. The van der Waals surface area contributed by atoms with Crippen molar-refractivity contribution >= 4 is 54.3 Å². The van der Waals surface area contributed by atoms with Crippen LogP contribution in [0, 0.1) is 5.41 Å². The zero-order chi connectivity index (χ0) is 58.8. The molecule has 0 saturated carbocycles. The minimum Gasteiger partial charge on any atom is -0.494 e. The van der Waals surface area contributed by atoms with Gasteiger partial charge in [0.05, 0.1) is 6.61 Å². The summed E-state index contributed by atoms with van der Waals surface area (Å²) in [6.07, 6.45) is 0.0523. The summed E-state index contributed by atoms with van der Waals surface area (Å²) in [5.41, 5.74) is -4.59. The second kappa shape index (κ2) is 28.5. The van der Waals surface area contributed by atoms with E-state index in [2.05, 4.69) is 34.5 Å². The smallest absolute Gasteiger partial charge is 0.437 e. The maximum absolute atomic E-state index is 14.2. The second-order valence-electron chi connectivity index (χ2n) is 25.7. The average Bonchev–Trinajstić information content (AvgIpc) is 3.21. The van der Waals surface area contributed by atoms with Crippen LogP contribution in [0.25, 0.3) is 0 Å². The highest BCUT2D eigenvalue weighted by Gasteiger charge is 2.37. The van der Waals surface area contributed by atoms with Crippen LogP contribution in [0.5, 0.6) is 5.75 Å². The number of hydrogen-bond acceptors (Lipinski definition) is 15. The molecule has 0 aliphatic carbocycles. The highest BCUT2D eigenvalue weighted by molar-refractivity contribution is 6.07. The Morgan fingerprint density at radius 1 is 0.571 bits per heavy atom. The molecule has 1 aromatic rings. The van der Waals surface area contributed by atoms with Crippen LogP contribution in [0.4, 0.5) is 28.8 Å². The maximum Gasteiger partial charge on any atom is 0.437 e. The number of amidine groups is 1. The Bertz CT molecular complexity index is 2190. The van der Waals surface area contributed by atoms with Crippen LogP contribution < -0.4 is 15.4 Å². The number of alkyl carbamates (subject to hydrolysis) is 2. The summed E-state index contributed by atoms with van der Waals surface area (Å²) in [6, 6.07) is 7.29. The van der Waals surface area contributed by atoms with E-state index in [4.69, 9.17) is 38.2 Å². The number of benzene rings is 1. The summed E-state index contributed by atoms with van der Waals surface area (Å²) in [5, 5.41) is 4.97. The van der Waals surface area contributed by atoms with Gasteiger partial charge in [-0.2, -0.15) is 0 Å². The quantitative estimate of drug-likeness (QED) is 0.0679. The third-order valence-corrected chi connectivity index (χ3v) is 9.86. The number of rotatable bonds is 16. The Kier molecular flexibility index (Phi) is 24.8. The van der Waals surface area contributed by atoms with Gasteiger partial charge in [-0.1, -0.05) is 39.5 Å². The van der Waals surface area contributed by atoms with Crippen LogP contribution in [-0.2, 0) is 28.4 Å². The minimum absolute atomic E-state index is 0.0228. The van der Waals surface area contributed by atoms with E-state index < -0.39 is 70.2 Å². The molecule has 6 amide bonds. The molecule has 0 bridgehead atoms. The molecule has 436 valence electrons. The van der Waals surface area contributed by atoms with Gasteiger partial charge in [0.25, 0.3) is 0 Å². The van der Waals surface area contributed by atoms with Gasteiger partial charge in [-0.15, -0.1) is 4.99 Å². The van der Waals surface area contributed by atoms with Gasteiger partial charge in [0, 0.05) is 43.7 Å². The maximum atomic E-state index is 14.2. The number of hydrogen-bond donors (Lipinski definition) is 2. The SMILES string of the molecule is CC1(C)CN=C(c2ccc(OCCCCN(C(=O)OC(C)(C)C)C(=NC(=O)OC(C)(C)C)N(CCCCCCCCN=C(NC(=O)OC(C)(C)C)NC(=O)OC(C)(C)C)C(=O)OC(C)(C)C)cc2)N(C(=O)OC(C)(C)C)C1. The molecule has 21 heteroatoms. The summed E-state index contributed by atoms with van der Waals surface area (Å²) in [4.78, 5) is 97.6. The standard InChI is InChI=1S/C56H94N8O13/c1-50(2,3)72-44(65)59-42(60-45(66)73-51(4,5)6)57-33-25-23-21-22-24-26-34-62(47(68)75-53(10,11)12)43(61-46(67)74-52(7,8)9)63(48(69)76-54(13,14)15)35-27-28-36-71-40-31-29-39(30-32-40)41-58-37-56(19,20)38-64(41)49(70)77-55(16,17)18/h29-32H,21-28,33-38H2,1-20H3,(H2,57,59,60,65,66). The van der Waals surface area contributed by atoms with Gasteiger partial charge in [0.15, 0.2) is 0 Å². The fourth-order valence-corrected chi connectivity index (χ4v) is 6.91. The largest absolute Gasteiger partial charge is 0.494 e. The van der Waals surface area contributed by atoms with Crippen LogP contribution in [0.2, 0.25) is 0 Å². The van der Waals surface area contributed by atoms with E-state index in [1.54, 1.807) is 121 Å². The topological polar surface area (TPSA) is 238 Å². The van der Waals surface area contributed by atoms with Crippen molar-refractivity contribution in [1.82, 2.24) is 25.3 Å². The summed E-state index contributed by atoms with van der Waals surface area (Å²) < 4.78 is 39.8. The van der Waals surface area contributed by atoms with E-state index in [0.717, 1.165) is 24.8 Å². The number of amides is 6. The lowest BCUT2D eigenvalue weighted by Gasteiger charge is -2.37. The monoisotopic (exact) mass is 1090 g/mol. The Morgan fingerprint density at radius 3 is 1.45 bits per heavy atom. The van der Waals surface area contributed by atoms with Crippen molar-refractivity contribution in [2.75, 3.05) is 39.3 Å². The van der Waals surface area contributed by atoms with Gasteiger partial charge < -0.3 is 33.2 Å². The number of carbonyl (C=O) groups is 6. The first kappa shape index (κ1) is 67.0. The van der Waals surface area contributed by atoms with Crippen molar-refractivity contribution in [2.45, 2.75) is 223 Å². The molecule has 0 aromatic heterocycles. The summed E-state index contributed by atoms with van der Waals surface area (Å²) in [5.74, 6) is 0.696. The van der Waals surface area contributed by atoms with Crippen molar-refractivity contribution in [3.05, 3.63) is 29.8 Å². The fraction of sp³-hybridized carbons (Fsp3) is 0.732. The lowest BCUT2D eigenvalue weighted by atomic mass is 9.91. The number of nitrogens with zero attached hydrogens (tertiary/aromatic N) is 6. The third-order valence-electron chi connectivity index (χ3n) is 9.86. The first-order valence-electron chi connectivity index (χ1n) is 26.8. The molecule has 1 aromatic carbocycles. The number of carbonyl (C=O) groups excluding carboxylic acids is 6. The van der Waals surface area contributed by atoms with E-state index >= 15 is 0 Å². The Labute approximate surface area is 459 Å². The van der Waals surface area contributed by atoms with Crippen LogP contribution in [-0.4, -0.2) is 142 Å². The van der Waals surface area contributed by atoms with Crippen molar-refractivity contribution < 1.29 is 61.9 Å². The van der Waals surface area contributed by atoms with Crippen molar-refractivity contribution in [1.29, 1.82) is 0 Å². The molecule has 0 fully saturated rings. The molecule has 0 saturated heterocycles. The average molecular weight is 1090 g/mol. The highest BCUT2D eigenvalue weighted by atomic mass is 16.6. The molecular formula is C56H94N8O13. The van der Waals surface area contributed by atoms with Crippen molar-refractivity contribution in [2.24, 2.45) is 20.4 Å². The second-order valence-corrected chi connectivity index (χ2v) is 25.7. The third kappa shape index (κ3) is 29.3. The van der Waals surface area contributed by atoms with Gasteiger partial charge in [0.1, 0.15) is 45.2 Å². The number of aliphatic imine (C=N–C) groups is 3. The number of nitrogens with one attached hydrogen (secondary N) is 2. The van der Waals surface area contributed by atoms with E-state index in [-0.39, 0.29) is 43.6 Å². The number of ether oxygens (including phenoxy) is 7. The molecule has 0 unspecified atom stereocenters. The van der Waals surface area contributed by atoms with Crippen LogP contribution in [0.15, 0.2) is 39.2 Å². The van der Waals surface area contributed by atoms with Crippen molar-refractivity contribution in [3.63, 3.8) is 0 Å².